The third-order valence-corrected chi connectivity index (χ3v) is 6.73. The Morgan fingerprint density at radius 1 is 1.02 bits per heavy atom. The number of nitrogens with zero attached hydrogens (tertiary/aromatic N) is 1. The number of alkyl halides is 4. The lowest BCUT2D eigenvalue weighted by molar-refractivity contribution is -0.253. The molecule has 1 aliphatic rings. The number of amides is 2. The van der Waals surface area contributed by atoms with Crippen LogP contribution in [0.3, 0.4) is 0 Å². The van der Waals surface area contributed by atoms with E-state index in [0.717, 1.165) is 37.1 Å². The Bertz CT molecular complexity index is 1350. The van der Waals surface area contributed by atoms with Gasteiger partial charge in [-0.15, -0.1) is 0 Å². The zero-order valence-electron chi connectivity index (χ0n) is 20.7. The van der Waals surface area contributed by atoms with Crippen LogP contribution in [0.2, 0.25) is 5.02 Å². The van der Waals surface area contributed by atoms with Crippen LogP contribution in [0.4, 0.5) is 35.5 Å². The monoisotopic (exact) mass is 589 g/mol. The Hall–Kier alpha value is -3.54. The van der Waals surface area contributed by atoms with Gasteiger partial charge in [0.15, 0.2) is 11.6 Å². The summed E-state index contributed by atoms with van der Waals surface area (Å²) < 4.78 is 100. The Labute approximate surface area is 229 Å². The molecule has 1 aromatic heterocycles. The SMILES string of the molecule is O=C(NC1CCCC1)N[C@@](Cc1ccc(F)c(F)c1)(c1cc(F)cc(OC(F)(F)C(F)F)c1)c1ccc(Cl)cn1. The summed E-state index contributed by atoms with van der Waals surface area (Å²) >= 11 is 5.99. The summed E-state index contributed by atoms with van der Waals surface area (Å²) in [6.45, 7) is 0. The molecule has 1 fully saturated rings. The number of nitrogens with one attached hydrogen (secondary N) is 2. The number of rotatable bonds is 9. The third-order valence-electron chi connectivity index (χ3n) is 6.51. The van der Waals surface area contributed by atoms with Crippen molar-refractivity contribution in [1.82, 2.24) is 15.6 Å². The van der Waals surface area contributed by atoms with E-state index in [0.29, 0.717) is 18.9 Å². The van der Waals surface area contributed by atoms with Gasteiger partial charge in [-0.25, -0.2) is 18.0 Å². The number of pyridine rings is 1. The van der Waals surface area contributed by atoms with Gasteiger partial charge in [-0.3, -0.25) is 4.98 Å². The van der Waals surface area contributed by atoms with Crippen molar-refractivity contribution in [3.8, 4) is 5.75 Å². The molecule has 2 aromatic carbocycles. The van der Waals surface area contributed by atoms with Crippen LogP contribution < -0.4 is 15.4 Å². The molecule has 1 atom stereocenters. The molecule has 0 aliphatic heterocycles. The van der Waals surface area contributed by atoms with Crippen LogP contribution in [-0.4, -0.2) is 29.6 Å². The van der Waals surface area contributed by atoms with E-state index in [1.165, 1.54) is 24.4 Å². The van der Waals surface area contributed by atoms with E-state index in [9.17, 15) is 35.5 Å². The van der Waals surface area contributed by atoms with Gasteiger partial charge in [-0.2, -0.15) is 17.6 Å². The third kappa shape index (κ3) is 6.78. The molecular formula is C27H23ClF7N3O2. The van der Waals surface area contributed by atoms with Crippen molar-refractivity contribution < 1.29 is 40.3 Å². The van der Waals surface area contributed by atoms with Crippen molar-refractivity contribution in [2.45, 2.75) is 56.2 Å². The second-order valence-electron chi connectivity index (χ2n) is 9.41. The Kier molecular flexibility index (Phi) is 8.77. The molecule has 1 saturated carbocycles. The topological polar surface area (TPSA) is 63.2 Å². The van der Waals surface area contributed by atoms with Crippen LogP contribution in [-0.2, 0) is 12.0 Å². The van der Waals surface area contributed by atoms with E-state index >= 15 is 0 Å². The van der Waals surface area contributed by atoms with E-state index < -0.39 is 53.7 Å². The number of carbonyl (C=O) groups is 1. The fourth-order valence-electron chi connectivity index (χ4n) is 4.66. The van der Waals surface area contributed by atoms with E-state index in [1.807, 2.05) is 0 Å². The molecular weight excluding hydrogens is 567 g/mol. The number of ether oxygens (including phenoxy) is 1. The van der Waals surface area contributed by atoms with Gasteiger partial charge in [0.05, 0.1) is 10.7 Å². The van der Waals surface area contributed by atoms with Gasteiger partial charge >= 0.3 is 18.6 Å². The molecule has 0 saturated heterocycles. The average Bonchev–Trinajstić information content (AvgIpc) is 3.38. The maximum absolute atomic E-state index is 14.8. The number of halogens is 8. The minimum atomic E-state index is -4.96. The van der Waals surface area contributed by atoms with E-state index in [2.05, 4.69) is 20.4 Å². The first kappa shape index (κ1) is 29.4. The molecule has 2 N–H and O–H groups in total. The molecule has 214 valence electrons. The van der Waals surface area contributed by atoms with Gasteiger partial charge in [-0.05, 0) is 60.4 Å². The van der Waals surface area contributed by atoms with Crippen molar-refractivity contribution in [3.05, 3.63) is 94.0 Å². The lowest BCUT2D eigenvalue weighted by Crippen LogP contribution is -2.54. The number of aromatic nitrogens is 1. The summed E-state index contributed by atoms with van der Waals surface area (Å²) in [5.74, 6) is -4.51. The standard InChI is InChI=1S/C27H23ClF7N3O2/c28-17-6-8-23(36-14-17)26(13-15-5-7-21(30)22(31)9-15,38-25(39)37-19-3-1-2-4-19)16-10-18(29)12-20(11-16)40-27(34,35)24(32)33/h5-12,14,19,24H,1-4,13H2,(H2,37,38,39)/t26-/m0/s1. The van der Waals surface area contributed by atoms with Gasteiger partial charge in [0.1, 0.15) is 17.1 Å². The predicted octanol–water partition coefficient (Wildman–Crippen LogP) is 7.12. The van der Waals surface area contributed by atoms with Crippen molar-refractivity contribution in [1.29, 1.82) is 0 Å². The second kappa shape index (κ2) is 11.9. The highest BCUT2D eigenvalue weighted by molar-refractivity contribution is 6.30. The largest absolute Gasteiger partial charge is 0.461 e. The Morgan fingerprint density at radius 3 is 2.38 bits per heavy atom. The highest BCUT2D eigenvalue weighted by atomic mass is 35.5. The maximum atomic E-state index is 14.8. The molecule has 13 heteroatoms. The first-order valence-corrected chi connectivity index (χ1v) is 12.6. The molecule has 2 amide bonds. The first-order valence-electron chi connectivity index (χ1n) is 12.2. The lowest BCUT2D eigenvalue weighted by Gasteiger charge is -2.36. The van der Waals surface area contributed by atoms with Crippen molar-refractivity contribution in [2.24, 2.45) is 0 Å². The molecule has 0 spiro atoms. The van der Waals surface area contributed by atoms with Crippen LogP contribution in [0.1, 0.15) is 42.5 Å². The summed E-state index contributed by atoms with van der Waals surface area (Å²) in [6, 6.07) is 6.87. The molecule has 0 bridgehead atoms. The summed E-state index contributed by atoms with van der Waals surface area (Å²) in [5, 5.41) is 5.68. The van der Waals surface area contributed by atoms with Crippen LogP contribution in [0.15, 0.2) is 54.7 Å². The van der Waals surface area contributed by atoms with Crippen molar-refractivity contribution >= 4 is 17.6 Å². The maximum Gasteiger partial charge on any atom is 0.461 e. The van der Waals surface area contributed by atoms with Gasteiger partial charge in [-0.1, -0.05) is 30.5 Å². The average molecular weight is 590 g/mol. The minimum Gasteiger partial charge on any atom is -0.428 e. The summed E-state index contributed by atoms with van der Waals surface area (Å²) in [7, 11) is 0. The lowest BCUT2D eigenvalue weighted by atomic mass is 9.80. The summed E-state index contributed by atoms with van der Waals surface area (Å²) in [5.41, 5.74) is -2.09. The van der Waals surface area contributed by atoms with Gasteiger partial charge in [0.25, 0.3) is 0 Å². The Morgan fingerprint density at radius 2 is 1.75 bits per heavy atom. The van der Waals surface area contributed by atoms with E-state index in [-0.39, 0.29) is 27.9 Å². The molecule has 0 radical (unpaired) electrons. The van der Waals surface area contributed by atoms with Crippen LogP contribution in [0.5, 0.6) is 5.75 Å². The second-order valence-corrected chi connectivity index (χ2v) is 9.85. The highest BCUT2D eigenvalue weighted by Crippen LogP contribution is 2.37. The van der Waals surface area contributed by atoms with Gasteiger partial charge < -0.3 is 15.4 Å². The molecule has 5 nitrogen and oxygen atoms in total. The fraction of sp³-hybridized carbons (Fsp3) is 0.333. The normalized spacial score (nSPS) is 15.6. The van der Waals surface area contributed by atoms with Crippen molar-refractivity contribution in [2.75, 3.05) is 0 Å². The van der Waals surface area contributed by atoms with Crippen LogP contribution in [0.25, 0.3) is 0 Å². The number of benzene rings is 2. The van der Waals surface area contributed by atoms with Gasteiger partial charge in [0.2, 0.25) is 0 Å². The quantitative estimate of drug-likeness (QED) is 0.261. The number of hydrogen-bond acceptors (Lipinski definition) is 3. The smallest absolute Gasteiger partial charge is 0.428 e. The summed E-state index contributed by atoms with van der Waals surface area (Å²) in [4.78, 5) is 17.5. The van der Waals surface area contributed by atoms with Crippen LogP contribution in [0, 0.1) is 17.5 Å². The zero-order valence-corrected chi connectivity index (χ0v) is 21.4. The molecule has 1 heterocycles. The van der Waals surface area contributed by atoms with E-state index in [4.69, 9.17) is 11.6 Å². The first-order chi connectivity index (χ1) is 18.9. The number of urea groups is 1. The highest BCUT2D eigenvalue weighted by Gasteiger charge is 2.45. The zero-order chi connectivity index (χ0) is 29.1. The number of carbonyl (C=O) groups excluding carboxylic acids is 1. The predicted molar refractivity (Wildman–Crippen MR) is 132 cm³/mol. The number of hydrogen-bond donors (Lipinski definition) is 2. The van der Waals surface area contributed by atoms with Crippen molar-refractivity contribution in [3.63, 3.8) is 0 Å². The summed E-state index contributed by atoms with van der Waals surface area (Å²) in [6.07, 6.45) is -5.22. The van der Waals surface area contributed by atoms with Crippen LogP contribution >= 0.6 is 11.6 Å². The fourth-order valence-corrected chi connectivity index (χ4v) is 4.77. The molecule has 0 unspecified atom stereocenters. The minimum absolute atomic E-state index is 0.000347. The molecule has 4 rings (SSSR count). The molecule has 3 aromatic rings. The van der Waals surface area contributed by atoms with Gasteiger partial charge in [0, 0.05) is 24.7 Å². The molecule has 1 aliphatic carbocycles. The molecule has 40 heavy (non-hydrogen) atoms. The Balaban J connectivity index is 1.89. The van der Waals surface area contributed by atoms with E-state index in [1.54, 1.807) is 0 Å².